The predicted octanol–water partition coefficient (Wildman–Crippen LogP) is 0.532. The van der Waals surface area contributed by atoms with E-state index in [0.717, 1.165) is 32.2 Å². The van der Waals surface area contributed by atoms with Gasteiger partial charge in [0.15, 0.2) is 0 Å². The molecular formula is C13H27N3O2S. The Balaban J connectivity index is 1.96. The quantitative estimate of drug-likeness (QED) is 0.775. The highest BCUT2D eigenvalue weighted by Gasteiger charge is 2.38. The summed E-state index contributed by atoms with van der Waals surface area (Å²) in [6.07, 6.45) is 6.30. The fourth-order valence-electron chi connectivity index (χ4n) is 3.25. The number of piperidine rings is 1. The van der Waals surface area contributed by atoms with E-state index in [1.54, 1.807) is 0 Å². The minimum atomic E-state index is -3.18. The number of nitrogens with zero attached hydrogens (tertiary/aromatic N) is 1. The van der Waals surface area contributed by atoms with Gasteiger partial charge in [0, 0.05) is 18.6 Å². The van der Waals surface area contributed by atoms with Gasteiger partial charge in [-0.3, -0.25) is 0 Å². The maximum absolute atomic E-state index is 12.3. The van der Waals surface area contributed by atoms with E-state index in [1.807, 2.05) is 0 Å². The van der Waals surface area contributed by atoms with Gasteiger partial charge in [-0.1, -0.05) is 12.8 Å². The summed E-state index contributed by atoms with van der Waals surface area (Å²) in [4.78, 5) is 2.20. The molecule has 1 aliphatic heterocycles. The number of rotatable bonds is 5. The summed E-state index contributed by atoms with van der Waals surface area (Å²) in [5.41, 5.74) is 0.0230. The number of likely N-dealkylation sites (N-methyl/N-ethyl adjacent to an activating group) is 1. The summed E-state index contributed by atoms with van der Waals surface area (Å²) < 4.78 is 27.6. The molecule has 0 aromatic rings. The maximum atomic E-state index is 12.3. The highest BCUT2D eigenvalue weighted by molar-refractivity contribution is 7.90. The zero-order valence-electron chi connectivity index (χ0n) is 12.1. The van der Waals surface area contributed by atoms with Gasteiger partial charge in [0.05, 0.1) is 5.25 Å². The van der Waals surface area contributed by atoms with Crippen LogP contribution in [0.1, 0.15) is 38.5 Å². The lowest BCUT2D eigenvalue weighted by atomic mass is 9.97. The Labute approximate surface area is 117 Å². The van der Waals surface area contributed by atoms with Gasteiger partial charge in [0.1, 0.15) is 0 Å². The molecule has 0 bridgehead atoms. The second-order valence-corrected chi connectivity index (χ2v) is 8.21. The Kier molecular flexibility index (Phi) is 4.87. The van der Waals surface area contributed by atoms with Crippen LogP contribution < -0.4 is 10.0 Å². The Bertz CT molecular complexity index is 383. The molecule has 1 unspecified atom stereocenters. The molecule has 0 spiro atoms. The van der Waals surface area contributed by atoms with Gasteiger partial charge >= 0.3 is 0 Å². The smallest absolute Gasteiger partial charge is 0.215 e. The van der Waals surface area contributed by atoms with Crippen LogP contribution in [0.5, 0.6) is 0 Å². The van der Waals surface area contributed by atoms with Crippen LogP contribution in [-0.2, 0) is 10.0 Å². The van der Waals surface area contributed by atoms with Crippen molar-refractivity contribution in [2.24, 2.45) is 0 Å². The lowest BCUT2D eigenvalue weighted by molar-refractivity contribution is 0.161. The fourth-order valence-corrected chi connectivity index (χ4v) is 4.77. The summed E-state index contributed by atoms with van der Waals surface area (Å²) in [7, 11) is 0.933. The molecule has 2 aliphatic rings. The first-order valence-electron chi connectivity index (χ1n) is 7.33. The summed E-state index contributed by atoms with van der Waals surface area (Å²) in [6, 6.07) is 0. The van der Waals surface area contributed by atoms with E-state index in [-0.39, 0.29) is 10.8 Å². The molecule has 2 rings (SSSR count). The average Bonchev–Trinajstić information content (AvgIpc) is 2.88. The van der Waals surface area contributed by atoms with Crippen LogP contribution in [0.2, 0.25) is 0 Å². The summed E-state index contributed by atoms with van der Waals surface area (Å²) in [6.45, 7) is 2.08. The topological polar surface area (TPSA) is 61.4 Å². The third-order valence-corrected chi connectivity index (χ3v) is 6.60. The Morgan fingerprint density at radius 3 is 2.47 bits per heavy atom. The van der Waals surface area contributed by atoms with Crippen molar-refractivity contribution in [1.82, 2.24) is 14.9 Å². The van der Waals surface area contributed by atoms with Crippen LogP contribution in [0.25, 0.3) is 0 Å². The van der Waals surface area contributed by atoms with Crippen LogP contribution >= 0.6 is 0 Å². The number of nitrogens with one attached hydrogen (secondary N) is 2. The molecule has 0 aromatic carbocycles. The second-order valence-electron chi connectivity index (χ2n) is 6.16. The number of hydrogen-bond donors (Lipinski definition) is 2. The SMILES string of the molecule is CN(C)C1(CNS(=O)(=O)C2CCCNC2)CCCC1. The third-order valence-electron chi connectivity index (χ3n) is 4.78. The van der Waals surface area contributed by atoms with Crippen LogP contribution in [0.15, 0.2) is 0 Å². The van der Waals surface area contributed by atoms with Gasteiger partial charge in [-0.25, -0.2) is 13.1 Å². The van der Waals surface area contributed by atoms with Crippen LogP contribution in [0.3, 0.4) is 0 Å². The predicted molar refractivity (Wildman–Crippen MR) is 77.7 cm³/mol. The average molecular weight is 289 g/mol. The molecule has 0 radical (unpaired) electrons. The van der Waals surface area contributed by atoms with E-state index in [2.05, 4.69) is 29.0 Å². The standard InChI is InChI=1S/C13H27N3O2S/c1-16(2)13(7-3-4-8-13)11-15-19(17,18)12-6-5-9-14-10-12/h12,14-15H,3-11H2,1-2H3. The summed E-state index contributed by atoms with van der Waals surface area (Å²) in [5, 5.41) is 2.91. The van der Waals surface area contributed by atoms with E-state index in [4.69, 9.17) is 0 Å². The number of sulfonamides is 1. The second kappa shape index (κ2) is 6.08. The molecule has 1 atom stereocenters. The summed E-state index contributed by atoms with van der Waals surface area (Å²) in [5.74, 6) is 0. The van der Waals surface area contributed by atoms with Crippen LogP contribution in [0, 0.1) is 0 Å². The first-order chi connectivity index (χ1) is 8.96. The van der Waals surface area contributed by atoms with E-state index >= 15 is 0 Å². The van der Waals surface area contributed by atoms with Crippen molar-refractivity contribution in [2.45, 2.75) is 49.3 Å². The van der Waals surface area contributed by atoms with Gasteiger partial charge < -0.3 is 10.2 Å². The molecule has 2 N–H and O–H groups in total. The van der Waals surface area contributed by atoms with Gasteiger partial charge in [0.25, 0.3) is 0 Å². The van der Waals surface area contributed by atoms with Gasteiger partial charge in [0.2, 0.25) is 10.0 Å². The zero-order chi connectivity index (χ0) is 13.9. The lowest BCUT2D eigenvalue weighted by Gasteiger charge is -2.37. The first kappa shape index (κ1) is 15.2. The van der Waals surface area contributed by atoms with Crippen molar-refractivity contribution in [3.05, 3.63) is 0 Å². The van der Waals surface area contributed by atoms with E-state index in [0.29, 0.717) is 13.1 Å². The molecular weight excluding hydrogens is 262 g/mol. The monoisotopic (exact) mass is 289 g/mol. The molecule has 1 saturated carbocycles. The maximum Gasteiger partial charge on any atom is 0.215 e. The molecule has 0 aromatic heterocycles. The third kappa shape index (κ3) is 3.48. The molecule has 2 fully saturated rings. The van der Waals surface area contributed by atoms with Crippen molar-refractivity contribution in [3.8, 4) is 0 Å². The normalized spacial score (nSPS) is 27.8. The minimum Gasteiger partial charge on any atom is -0.315 e. The molecule has 19 heavy (non-hydrogen) atoms. The minimum absolute atomic E-state index is 0.0230. The molecule has 1 aliphatic carbocycles. The molecule has 112 valence electrons. The summed E-state index contributed by atoms with van der Waals surface area (Å²) >= 11 is 0. The molecule has 5 nitrogen and oxygen atoms in total. The molecule has 1 saturated heterocycles. The molecule has 1 heterocycles. The lowest BCUT2D eigenvalue weighted by Crippen LogP contribution is -2.53. The van der Waals surface area contributed by atoms with E-state index < -0.39 is 10.0 Å². The zero-order valence-corrected chi connectivity index (χ0v) is 12.9. The first-order valence-corrected chi connectivity index (χ1v) is 8.88. The largest absolute Gasteiger partial charge is 0.315 e. The van der Waals surface area contributed by atoms with E-state index in [1.165, 1.54) is 12.8 Å². The highest BCUT2D eigenvalue weighted by Crippen LogP contribution is 2.33. The Hall–Kier alpha value is -0.170. The molecule has 6 heteroatoms. The highest BCUT2D eigenvalue weighted by atomic mass is 32.2. The fraction of sp³-hybridized carbons (Fsp3) is 1.00. The molecule has 0 amide bonds. The van der Waals surface area contributed by atoms with Crippen molar-refractivity contribution < 1.29 is 8.42 Å². The van der Waals surface area contributed by atoms with Crippen molar-refractivity contribution in [3.63, 3.8) is 0 Å². The van der Waals surface area contributed by atoms with Crippen molar-refractivity contribution in [1.29, 1.82) is 0 Å². The van der Waals surface area contributed by atoms with Crippen LogP contribution in [0.4, 0.5) is 0 Å². The Morgan fingerprint density at radius 1 is 1.26 bits per heavy atom. The van der Waals surface area contributed by atoms with E-state index in [9.17, 15) is 8.42 Å². The number of hydrogen-bond acceptors (Lipinski definition) is 4. The van der Waals surface area contributed by atoms with Crippen molar-refractivity contribution >= 4 is 10.0 Å². The van der Waals surface area contributed by atoms with Crippen LogP contribution in [-0.4, -0.2) is 57.8 Å². The van der Waals surface area contributed by atoms with Gasteiger partial charge in [-0.15, -0.1) is 0 Å². The van der Waals surface area contributed by atoms with Crippen molar-refractivity contribution in [2.75, 3.05) is 33.7 Å². The Morgan fingerprint density at radius 2 is 1.95 bits per heavy atom. The van der Waals surface area contributed by atoms with Gasteiger partial charge in [-0.05, 0) is 46.3 Å². The van der Waals surface area contributed by atoms with Gasteiger partial charge in [-0.2, -0.15) is 0 Å².